The van der Waals surface area contributed by atoms with Crippen LogP contribution in [0.2, 0.25) is 0 Å². The molecule has 0 bridgehead atoms. The van der Waals surface area contributed by atoms with Crippen LogP contribution in [0.4, 0.5) is 0 Å². The minimum atomic E-state index is 0.419. The maximum atomic E-state index is 5.56. The van der Waals surface area contributed by atoms with Crippen LogP contribution in [0.1, 0.15) is 42.9 Å². The SMILES string of the molecule is COC1CCCC1NC1CCc2ccccc21. The molecule has 0 radical (unpaired) electrons. The predicted molar refractivity (Wildman–Crippen MR) is 69.1 cm³/mol. The van der Waals surface area contributed by atoms with E-state index in [0.29, 0.717) is 18.2 Å². The molecule has 2 aliphatic carbocycles. The Hall–Kier alpha value is -0.860. The van der Waals surface area contributed by atoms with Crippen LogP contribution in [0.5, 0.6) is 0 Å². The molecule has 17 heavy (non-hydrogen) atoms. The average Bonchev–Trinajstić information content (AvgIpc) is 2.97. The number of ether oxygens (including phenoxy) is 1. The van der Waals surface area contributed by atoms with Crippen molar-refractivity contribution in [1.82, 2.24) is 5.32 Å². The molecule has 1 aromatic rings. The van der Waals surface area contributed by atoms with Crippen molar-refractivity contribution in [3.8, 4) is 0 Å². The maximum Gasteiger partial charge on any atom is 0.0724 e. The van der Waals surface area contributed by atoms with E-state index in [9.17, 15) is 0 Å². The largest absolute Gasteiger partial charge is 0.380 e. The van der Waals surface area contributed by atoms with Gasteiger partial charge in [0, 0.05) is 19.2 Å². The molecule has 2 nitrogen and oxygen atoms in total. The van der Waals surface area contributed by atoms with Gasteiger partial charge in [0.25, 0.3) is 0 Å². The number of hydrogen-bond acceptors (Lipinski definition) is 2. The van der Waals surface area contributed by atoms with Crippen molar-refractivity contribution in [2.75, 3.05) is 7.11 Å². The van der Waals surface area contributed by atoms with Crippen molar-refractivity contribution < 1.29 is 4.74 Å². The van der Waals surface area contributed by atoms with Gasteiger partial charge >= 0.3 is 0 Å². The summed E-state index contributed by atoms with van der Waals surface area (Å²) in [5.41, 5.74) is 3.03. The zero-order valence-corrected chi connectivity index (χ0v) is 10.5. The van der Waals surface area contributed by atoms with Gasteiger partial charge in [-0.15, -0.1) is 0 Å². The van der Waals surface area contributed by atoms with Crippen molar-refractivity contribution >= 4 is 0 Å². The van der Waals surface area contributed by atoms with Crippen molar-refractivity contribution in [1.29, 1.82) is 0 Å². The number of methoxy groups -OCH3 is 1. The van der Waals surface area contributed by atoms with Gasteiger partial charge in [0.05, 0.1) is 6.10 Å². The van der Waals surface area contributed by atoms with Gasteiger partial charge in [-0.3, -0.25) is 0 Å². The smallest absolute Gasteiger partial charge is 0.0724 e. The third-order valence-electron chi connectivity index (χ3n) is 4.30. The molecule has 1 N–H and O–H groups in total. The van der Waals surface area contributed by atoms with Crippen LogP contribution in [0.25, 0.3) is 0 Å². The predicted octanol–water partition coefficient (Wildman–Crippen LogP) is 2.83. The Morgan fingerprint density at radius 1 is 1.18 bits per heavy atom. The summed E-state index contributed by atoms with van der Waals surface area (Å²) in [6, 6.07) is 9.94. The summed E-state index contributed by atoms with van der Waals surface area (Å²) in [7, 11) is 1.84. The third-order valence-corrected chi connectivity index (χ3v) is 4.30. The third kappa shape index (κ3) is 2.12. The van der Waals surface area contributed by atoms with E-state index in [-0.39, 0.29) is 0 Å². The summed E-state index contributed by atoms with van der Waals surface area (Å²) >= 11 is 0. The van der Waals surface area contributed by atoms with Crippen LogP contribution in [0.15, 0.2) is 24.3 Å². The zero-order chi connectivity index (χ0) is 11.7. The highest BCUT2D eigenvalue weighted by Gasteiger charge is 2.31. The Bertz CT molecular complexity index is 390. The van der Waals surface area contributed by atoms with Gasteiger partial charge < -0.3 is 10.1 Å². The van der Waals surface area contributed by atoms with E-state index in [4.69, 9.17) is 4.74 Å². The lowest BCUT2D eigenvalue weighted by Crippen LogP contribution is -2.38. The van der Waals surface area contributed by atoms with Gasteiger partial charge in [-0.2, -0.15) is 0 Å². The standard InChI is InChI=1S/C15H21NO/c1-17-15-8-4-7-14(15)16-13-10-9-11-5-2-3-6-12(11)13/h2-3,5-6,13-16H,4,7-10H2,1H3. The molecule has 0 heterocycles. The fourth-order valence-corrected chi connectivity index (χ4v) is 3.39. The van der Waals surface area contributed by atoms with Gasteiger partial charge in [-0.1, -0.05) is 24.3 Å². The number of benzene rings is 1. The molecule has 1 fully saturated rings. The van der Waals surface area contributed by atoms with Crippen molar-refractivity contribution in [3.05, 3.63) is 35.4 Å². The molecule has 3 rings (SSSR count). The van der Waals surface area contributed by atoms with Gasteiger partial charge in [0.2, 0.25) is 0 Å². The highest BCUT2D eigenvalue weighted by molar-refractivity contribution is 5.34. The van der Waals surface area contributed by atoms with Crippen molar-refractivity contribution in [2.24, 2.45) is 0 Å². The van der Waals surface area contributed by atoms with E-state index < -0.39 is 0 Å². The molecule has 0 saturated heterocycles. The van der Waals surface area contributed by atoms with E-state index >= 15 is 0 Å². The van der Waals surface area contributed by atoms with Crippen LogP contribution >= 0.6 is 0 Å². The summed E-state index contributed by atoms with van der Waals surface area (Å²) in [6.45, 7) is 0. The number of rotatable bonds is 3. The number of aryl methyl sites for hydroxylation is 1. The van der Waals surface area contributed by atoms with Crippen molar-refractivity contribution in [2.45, 2.75) is 50.3 Å². The molecule has 3 atom stereocenters. The maximum absolute atomic E-state index is 5.56. The topological polar surface area (TPSA) is 21.3 Å². The highest BCUT2D eigenvalue weighted by Crippen LogP contribution is 2.33. The first kappa shape index (κ1) is 11.2. The second-order valence-corrected chi connectivity index (χ2v) is 5.27. The van der Waals surface area contributed by atoms with Crippen molar-refractivity contribution in [3.63, 3.8) is 0 Å². The van der Waals surface area contributed by atoms with E-state index in [0.717, 1.165) is 0 Å². The van der Waals surface area contributed by atoms with Crippen LogP contribution in [-0.4, -0.2) is 19.3 Å². The lowest BCUT2D eigenvalue weighted by atomic mass is 10.1. The van der Waals surface area contributed by atoms with Crippen LogP contribution in [0.3, 0.4) is 0 Å². The van der Waals surface area contributed by atoms with Gasteiger partial charge in [-0.05, 0) is 43.2 Å². The summed E-state index contributed by atoms with van der Waals surface area (Å²) < 4.78 is 5.56. The lowest BCUT2D eigenvalue weighted by molar-refractivity contribution is 0.0812. The number of nitrogens with one attached hydrogen (secondary N) is 1. The Morgan fingerprint density at radius 3 is 2.94 bits per heavy atom. The van der Waals surface area contributed by atoms with E-state index in [1.165, 1.54) is 43.2 Å². The van der Waals surface area contributed by atoms with Crippen LogP contribution in [-0.2, 0) is 11.2 Å². The summed E-state index contributed by atoms with van der Waals surface area (Å²) in [5.74, 6) is 0. The lowest BCUT2D eigenvalue weighted by Gasteiger charge is -2.24. The first-order valence-electron chi connectivity index (χ1n) is 6.75. The second kappa shape index (κ2) is 4.79. The van der Waals surface area contributed by atoms with E-state index in [1.54, 1.807) is 0 Å². The summed E-state index contributed by atoms with van der Waals surface area (Å²) in [6.07, 6.45) is 6.65. The first-order chi connectivity index (χ1) is 8.38. The molecular formula is C15H21NO. The first-order valence-corrected chi connectivity index (χ1v) is 6.75. The molecule has 3 unspecified atom stereocenters. The van der Waals surface area contributed by atoms with Gasteiger partial charge in [0.15, 0.2) is 0 Å². The Morgan fingerprint density at radius 2 is 2.06 bits per heavy atom. The van der Waals surface area contributed by atoms with E-state index in [2.05, 4.69) is 29.6 Å². The number of fused-ring (bicyclic) bond motifs is 1. The highest BCUT2D eigenvalue weighted by atomic mass is 16.5. The molecule has 92 valence electrons. The summed E-state index contributed by atoms with van der Waals surface area (Å²) in [5, 5.41) is 3.81. The van der Waals surface area contributed by atoms with Crippen LogP contribution < -0.4 is 5.32 Å². The Kier molecular flexibility index (Phi) is 3.17. The Labute approximate surface area is 103 Å². The minimum Gasteiger partial charge on any atom is -0.380 e. The monoisotopic (exact) mass is 231 g/mol. The fourth-order valence-electron chi connectivity index (χ4n) is 3.39. The molecule has 0 amide bonds. The molecule has 0 aromatic heterocycles. The molecule has 2 heteroatoms. The normalized spacial score (nSPS) is 31.7. The van der Waals surface area contributed by atoms with Gasteiger partial charge in [0.1, 0.15) is 0 Å². The molecule has 0 aliphatic heterocycles. The molecular weight excluding hydrogens is 210 g/mol. The minimum absolute atomic E-state index is 0.419. The van der Waals surface area contributed by atoms with Gasteiger partial charge in [-0.25, -0.2) is 0 Å². The molecule has 2 aliphatic rings. The quantitative estimate of drug-likeness (QED) is 0.863. The van der Waals surface area contributed by atoms with Crippen LogP contribution in [0, 0.1) is 0 Å². The average molecular weight is 231 g/mol. The molecule has 1 saturated carbocycles. The summed E-state index contributed by atoms with van der Waals surface area (Å²) in [4.78, 5) is 0. The zero-order valence-electron chi connectivity index (χ0n) is 10.5. The molecule has 0 spiro atoms. The Balaban J connectivity index is 1.71. The number of hydrogen-bond donors (Lipinski definition) is 1. The fraction of sp³-hybridized carbons (Fsp3) is 0.600. The molecule has 1 aromatic carbocycles. The van der Waals surface area contributed by atoms with E-state index in [1.807, 2.05) is 7.11 Å². The second-order valence-electron chi connectivity index (χ2n) is 5.27.